The van der Waals surface area contributed by atoms with Gasteiger partial charge in [-0.3, -0.25) is 9.59 Å². The second-order valence-corrected chi connectivity index (χ2v) is 8.62. The van der Waals surface area contributed by atoms with Gasteiger partial charge in [-0.25, -0.2) is 14.8 Å². The Labute approximate surface area is 198 Å². The quantitative estimate of drug-likeness (QED) is 0.569. The van der Waals surface area contributed by atoms with Gasteiger partial charge in [0.05, 0.1) is 42.5 Å². The number of likely N-dealkylation sites (tertiary alicyclic amines) is 2. The molecule has 2 aromatic rings. The molecule has 0 spiro atoms. The predicted octanol–water partition coefficient (Wildman–Crippen LogP) is 2.49. The van der Waals surface area contributed by atoms with Crippen LogP contribution in [-0.4, -0.2) is 73.4 Å². The van der Waals surface area contributed by atoms with Crippen LogP contribution in [0.2, 0.25) is 0 Å². The first-order valence-electron chi connectivity index (χ1n) is 11.9. The largest absolute Gasteiger partial charge is 0.450 e. The molecular formula is C23H32N7O4. The van der Waals surface area contributed by atoms with Crippen LogP contribution in [0.5, 0.6) is 0 Å². The second kappa shape index (κ2) is 10.3. The van der Waals surface area contributed by atoms with Crippen molar-refractivity contribution in [2.75, 3.05) is 19.7 Å². The van der Waals surface area contributed by atoms with E-state index in [1.54, 1.807) is 44.5 Å². The molecule has 0 bridgehead atoms. The van der Waals surface area contributed by atoms with E-state index in [0.717, 1.165) is 49.4 Å². The highest BCUT2D eigenvalue weighted by Gasteiger charge is 2.35. The van der Waals surface area contributed by atoms with Crippen molar-refractivity contribution in [1.29, 1.82) is 0 Å². The molecule has 2 fully saturated rings. The summed E-state index contributed by atoms with van der Waals surface area (Å²) in [5, 5.41) is 2.58. The number of rotatable bonds is 7. The van der Waals surface area contributed by atoms with Crippen molar-refractivity contribution >= 4 is 17.9 Å². The van der Waals surface area contributed by atoms with E-state index in [4.69, 9.17) is 4.74 Å². The van der Waals surface area contributed by atoms with E-state index in [-0.39, 0.29) is 30.5 Å². The van der Waals surface area contributed by atoms with Gasteiger partial charge in [0, 0.05) is 19.5 Å². The third kappa shape index (κ3) is 4.78. The van der Waals surface area contributed by atoms with Crippen molar-refractivity contribution in [2.24, 2.45) is 0 Å². The summed E-state index contributed by atoms with van der Waals surface area (Å²) in [5.41, 5.74) is 1.55. The number of imidazole rings is 2. The van der Waals surface area contributed by atoms with Crippen molar-refractivity contribution in [3.05, 3.63) is 30.5 Å². The van der Waals surface area contributed by atoms with Gasteiger partial charge in [-0.1, -0.05) is 6.92 Å². The van der Waals surface area contributed by atoms with E-state index in [1.165, 1.54) is 0 Å². The van der Waals surface area contributed by atoms with Crippen LogP contribution in [0.3, 0.4) is 0 Å². The van der Waals surface area contributed by atoms with E-state index < -0.39 is 12.1 Å². The molecule has 11 heteroatoms. The fourth-order valence-corrected chi connectivity index (χ4v) is 4.74. The van der Waals surface area contributed by atoms with Crippen LogP contribution in [0.15, 0.2) is 12.4 Å². The number of aromatic nitrogens is 4. The molecule has 183 valence electrons. The molecule has 3 atom stereocenters. The summed E-state index contributed by atoms with van der Waals surface area (Å²) in [7, 11) is 0. The number of carbonyl (C=O) groups is 3. The lowest BCUT2D eigenvalue weighted by molar-refractivity contribution is -0.134. The Kier molecular flexibility index (Phi) is 7.18. The van der Waals surface area contributed by atoms with Gasteiger partial charge in [-0.2, -0.15) is 0 Å². The summed E-state index contributed by atoms with van der Waals surface area (Å²) in [5.74, 6) is 1.30. The molecule has 2 aliphatic rings. The van der Waals surface area contributed by atoms with E-state index in [9.17, 15) is 14.4 Å². The minimum absolute atomic E-state index is 0.0157. The molecule has 0 aromatic carbocycles. The number of hydrogen-bond acceptors (Lipinski definition) is 6. The molecule has 2 aliphatic heterocycles. The molecule has 0 saturated carbocycles. The minimum atomic E-state index is -0.693. The summed E-state index contributed by atoms with van der Waals surface area (Å²) in [6, 6.07) is -0.948. The molecule has 2 aromatic heterocycles. The molecule has 0 unspecified atom stereocenters. The molecular weight excluding hydrogens is 438 g/mol. The number of amides is 3. The topological polar surface area (TPSA) is 136 Å². The number of hydrogen-bond donors (Lipinski definition) is 3. The van der Waals surface area contributed by atoms with Crippen LogP contribution < -0.4 is 5.32 Å². The zero-order valence-electron chi connectivity index (χ0n) is 19.8. The maximum atomic E-state index is 13.0. The molecule has 34 heavy (non-hydrogen) atoms. The summed E-state index contributed by atoms with van der Waals surface area (Å²) in [4.78, 5) is 56.2. The monoisotopic (exact) mass is 470 g/mol. The number of nitrogens with one attached hydrogen (secondary N) is 3. The summed E-state index contributed by atoms with van der Waals surface area (Å²) < 4.78 is 4.88. The third-order valence-electron chi connectivity index (χ3n) is 6.41. The van der Waals surface area contributed by atoms with Crippen LogP contribution >= 0.6 is 0 Å². The Balaban J connectivity index is 1.45. The SMILES string of the molecule is C[CH]C(=O)N1CCC[C@H]1c1ncc(-c2cnc([C@@H]3CCCN3C(=O)[C@@H](C)NC(=O)OCC)[nH]2)[nH]1. The molecule has 11 nitrogen and oxygen atoms in total. The summed E-state index contributed by atoms with van der Waals surface area (Å²) >= 11 is 0. The van der Waals surface area contributed by atoms with Crippen LogP contribution in [-0.2, 0) is 14.3 Å². The van der Waals surface area contributed by atoms with Crippen LogP contribution in [0, 0.1) is 6.42 Å². The Morgan fingerprint density at radius 2 is 1.65 bits per heavy atom. The molecule has 4 heterocycles. The van der Waals surface area contributed by atoms with Gasteiger partial charge in [0.15, 0.2) is 0 Å². The number of carbonyl (C=O) groups excluding carboxylic acids is 3. The number of H-pyrrole nitrogens is 2. The van der Waals surface area contributed by atoms with E-state index >= 15 is 0 Å². The van der Waals surface area contributed by atoms with Crippen LogP contribution in [0.4, 0.5) is 4.79 Å². The van der Waals surface area contributed by atoms with E-state index in [1.807, 2.05) is 4.90 Å². The van der Waals surface area contributed by atoms with Gasteiger partial charge in [0.2, 0.25) is 11.8 Å². The maximum Gasteiger partial charge on any atom is 0.407 e. The molecule has 0 aliphatic carbocycles. The molecule has 3 amide bonds. The Bertz CT molecular complexity index is 1030. The lowest BCUT2D eigenvalue weighted by Gasteiger charge is -2.26. The highest BCUT2D eigenvalue weighted by atomic mass is 16.5. The number of aromatic amines is 2. The average Bonchev–Trinajstić information content (AvgIpc) is 3.62. The van der Waals surface area contributed by atoms with Crippen LogP contribution in [0.25, 0.3) is 11.4 Å². The van der Waals surface area contributed by atoms with Gasteiger partial charge in [-0.15, -0.1) is 0 Å². The van der Waals surface area contributed by atoms with Crippen molar-refractivity contribution in [2.45, 2.75) is 64.6 Å². The Hall–Kier alpha value is -3.37. The zero-order chi connectivity index (χ0) is 24.2. The van der Waals surface area contributed by atoms with Gasteiger partial charge < -0.3 is 29.8 Å². The first-order valence-corrected chi connectivity index (χ1v) is 11.9. The first kappa shape index (κ1) is 23.8. The standard InChI is InChI=1S/C23H32N7O4/c1-4-19(31)29-10-6-8-17(29)20-24-12-15(27-20)16-13-25-21(28-16)18-9-7-11-30(18)22(32)14(3)26-23(33)34-5-2/h4,12-14,17-18H,5-11H2,1-3H3,(H,24,27)(H,25,28)(H,26,33)/t14-,17+,18+/m1/s1. The van der Waals surface area contributed by atoms with Gasteiger partial charge >= 0.3 is 6.09 Å². The molecule has 2 saturated heterocycles. The highest BCUT2D eigenvalue weighted by Crippen LogP contribution is 2.34. The first-order chi connectivity index (χ1) is 16.4. The lowest BCUT2D eigenvalue weighted by Crippen LogP contribution is -2.46. The third-order valence-corrected chi connectivity index (χ3v) is 6.41. The Morgan fingerprint density at radius 3 is 2.21 bits per heavy atom. The van der Waals surface area contributed by atoms with Gasteiger partial charge in [-0.05, 0) is 39.5 Å². The van der Waals surface area contributed by atoms with E-state index in [2.05, 4.69) is 25.3 Å². The summed E-state index contributed by atoms with van der Waals surface area (Å²) in [6.07, 6.45) is 7.91. The minimum Gasteiger partial charge on any atom is -0.450 e. The van der Waals surface area contributed by atoms with E-state index in [0.29, 0.717) is 12.4 Å². The molecule has 3 N–H and O–H groups in total. The fraction of sp³-hybridized carbons (Fsp3) is 0.565. The van der Waals surface area contributed by atoms with Crippen molar-refractivity contribution < 1.29 is 19.1 Å². The second-order valence-electron chi connectivity index (χ2n) is 8.62. The predicted molar refractivity (Wildman–Crippen MR) is 123 cm³/mol. The van der Waals surface area contributed by atoms with Gasteiger partial charge in [0.25, 0.3) is 0 Å². The molecule has 4 rings (SSSR count). The fourth-order valence-electron chi connectivity index (χ4n) is 4.74. The highest BCUT2D eigenvalue weighted by molar-refractivity contribution is 5.86. The number of nitrogens with zero attached hydrogens (tertiary/aromatic N) is 4. The average molecular weight is 471 g/mol. The number of ether oxygens (including phenoxy) is 1. The van der Waals surface area contributed by atoms with Gasteiger partial charge in [0.1, 0.15) is 17.7 Å². The number of alkyl carbamates (subject to hydrolysis) is 1. The van der Waals surface area contributed by atoms with Crippen LogP contribution in [0.1, 0.15) is 70.2 Å². The van der Waals surface area contributed by atoms with Crippen molar-refractivity contribution in [1.82, 2.24) is 35.1 Å². The Morgan fingerprint density at radius 1 is 1.09 bits per heavy atom. The maximum absolute atomic E-state index is 13.0. The zero-order valence-corrected chi connectivity index (χ0v) is 19.8. The molecule has 1 radical (unpaired) electrons. The smallest absolute Gasteiger partial charge is 0.407 e. The normalized spacial score (nSPS) is 21.0. The van der Waals surface area contributed by atoms with Crippen molar-refractivity contribution in [3.8, 4) is 11.4 Å². The lowest BCUT2D eigenvalue weighted by atomic mass is 10.2. The summed E-state index contributed by atoms with van der Waals surface area (Å²) in [6.45, 7) is 6.70. The van der Waals surface area contributed by atoms with Crippen molar-refractivity contribution in [3.63, 3.8) is 0 Å².